The number of anilines is 1. The summed E-state index contributed by atoms with van der Waals surface area (Å²) in [5, 5.41) is 14.4. The molecule has 1 aliphatic rings. The van der Waals surface area contributed by atoms with E-state index in [9.17, 15) is 19.7 Å². The quantitative estimate of drug-likeness (QED) is 0.111. The summed E-state index contributed by atoms with van der Waals surface area (Å²) in [6.45, 7) is 3.79. The largest absolute Gasteiger partial charge is 0.298 e. The van der Waals surface area contributed by atoms with Crippen LogP contribution in [0.25, 0.3) is 16.3 Å². The van der Waals surface area contributed by atoms with E-state index < -0.39 is 16.7 Å². The van der Waals surface area contributed by atoms with Crippen LogP contribution in [0, 0.1) is 24.0 Å². The Morgan fingerprint density at radius 2 is 1.89 bits per heavy atom. The maximum absolute atomic E-state index is 13.4. The van der Waals surface area contributed by atoms with E-state index in [1.807, 2.05) is 50.2 Å². The first-order valence-corrected chi connectivity index (χ1v) is 13.1. The lowest BCUT2D eigenvalue weighted by atomic mass is 10.0. The van der Waals surface area contributed by atoms with E-state index in [1.165, 1.54) is 40.1 Å². The number of hydrogen-bond acceptors (Lipinski definition) is 8. The highest BCUT2D eigenvalue weighted by Crippen LogP contribution is 2.39. The molecule has 2 heterocycles. The average Bonchev–Trinajstić information content (AvgIpc) is 3.26. The molecule has 3 aromatic carbocycles. The standard InChI is InChI=1S/C26H18N4O4S3/c1-14-7-9-19(15(2)11-14)29-24(32)17(23(31)28-25(29)35)12-16-8-10-22(20(13-16)30(33)34)37-26-27-18-5-3-4-6-21(18)36-26/h3-13H,1-2H3,(H,28,31,35)/b17-12+. The predicted molar refractivity (Wildman–Crippen MR) is 149 cm³/mol. The molecule has 0 unspecified atom stereocenters. The van der Waals surface area contributed by atoms with Crippen LogP contribution in [0.15, 0.2) is 75.5 Å². The zero-order valence-electron chi connectivity index (χ0n) is 19.6. The van der Waals surface area contributed by atoms with Crippen molar-refractivity contribution in [3.05, 3.63) is 93.0 Å². The Bertz CT molecular complexity index is 1630. The van der Waals surface area contributed by atoms with Gasteiger partial charge in [-0.15, -0.1) is 11.3 Å². The molecular weight excluding hydrogens is 529 g/mol. The van der Waals surface area contributed by atoms with Crippen molar-refractivity contribution in [3.8, 4) is 0 Å². The van der Waals surface area contributed by atoms with E-state index in [-0.39, 0.29) is 16.4 Å². The number of para-hydroxylation sites is 1. The first-order valence-electron chi connectivity index (χ1n) is 11.0. The number of nitro benzene ring substituents is 1. The smallest absolute Gasteiger partial charge is 0.283 e. The number of aryl methyl sites for hydroxylation is 2. The Kier molecular flexibility index (Phi) is 6.59. The van der Waals surface area contributed by atoms with Crippen LogP contribution in [-0.2, 0) is 9.59 Å². The lowest BCUT2D eigenvalue weighted by molar-refractivity contribution is -0.387. The van der Waals surface area contributed by atoms with Crippen LogP contribution in [-0.4, -0.2) is 26.8 Å². The molecule has 37 heavy (non-hydrogen) atoms. The SMILES string of the molecule is Cc1ccc(N2C(=O)/C(=C/c3ccc(Sc4nc5ccccc5s4)c([N+](=O)[O-])c3)C(=O)NC2=S)c(C)c1. The molecule has 184 valence electrons. The molecule has 1 aromatic heterocycles. The monoisotopic (exact) mass is 546 g/mol. The van der Waals surface area contributed by atoms with E-state index in [0.29, 0.717) is 20.5 Å². The van der Waals surface area contributed by atoms with Crippen molar-refractivity contribution >= 4 is 79.9 Å². The van der Waals surface area contributed by atoms with Crippen LogP contribution in [0.2, 0.25) is 0 Å². The summed E-state index contributed by atoms with van der Waals surface area (Å²) in [7, 11) is 0. The van der Waals surface area contributed by atoms with Gasteiger partial charge < -0.3 is 0 Å². The highest BCUT2D eigenvalue weighted by Gasteiger charge is 2.35. The van der Waals surface area contributed by atoms with Gasteiger partial charge in [0, 0.05) is 6.07 Å². The molecule has 0 atom stereocenters. The summed E-state index contributed by atoms with van der Waals surface area (Å²) in [4.78, 5) is 43.7. The number of nitrogens with zero attached hydrogens (tertiary/aromatic N) is 3. The second-order valence-electron chi connectivity index (χ2n) is 8.28. The second-order valence-corrected chi connectivity index (χ2v) is 11.0. The number of carbonyl (C=O) groups is 2. The van der Waals surface area contributed by atoms with E-state index in [4.69, 9.17) is 12.2 Å². The van der Waals surface area contributed by atoms with Gasteiger partial charge in [0.2, 0.25) is 0 Å². The minimum atomic E-state index is -0.661. The Balaban J connectivity index is 1.49. The molecule has 11 heteroatoms. The average molecular weight is 547 g/mol. The van der Waals surface area contributed by atoms with E-state index in [2.05, 4.69) is 10.3 Å². The number of thiazole rings is 1. The molecule has 8 nitrogen and oxygen atoms in total. The Hall–Kier alpha value is -3.93. The highest BCUT2D eigenvalue weighted by molar-refractivity contribution is 8.01. The minimum absolute atomic E-state index is 0.0207. The number of benzene rings is 3. The van der Waals surface area contributed by atoms with Crippen LogP contribution in [0.3, 0.4) is 0 Å². The maximum Gasteiger partial charge on any atom is 0.283 e. The molecule has 1 aliphatic heterocycles. The van der Waals surface area contributed by atoms with Gasteiger partial charge >= 0.3 is 0 Å². The fraction of sp³-hybridized carbons (Fsp3) is 0.0769. The molecule has 0 spiro atoms. The van der Waals surface area contributed by atoms with E-state index in [0.717, 1.165) is 21.3 Å². The Morgan fingerprint density at radius 1 is 1.11 bits per heavy atom. The molecule has 1 N–H and O–H groups in total. The molecule has 1 saturated heterocycles. The van der Waals surface area contributed by atoms with Gasteiger partial charge in [0.25, 0.3) is 17.5 Å². The number of carbonyl (C=O) groups excluding carboxylic acids is 2. The number of aromatic nitrogens is 1. The summed E-state index contributed by atoms with van der Waals surface area (Å²) in [6, 6.07) is 17.7. The number of nitro groups is 1. The van der Waals surface area contributed by atoms with Crippen LogP contribution < -0.4 is 10.2 Å². The van der Waals surface area contributed by atoms with Crippen LogP contribution >= 0.6 is 35.3 Å². The van der Waals surface area contributed by atoms with Gasteiger partial charge in [-0.1, -0.05) is 47.7 Å². The number of hydrogen-bond donors (Lipinski definition) is 1. The van der Waals surface area contributed by atoms with Gasteiger partial charge in [-0.05, 0) is 67.5 Å². The minimum Gasteiger partial charge on any atom is -0.298 e. The van der Waals surface area contributed by atoms with Gasteiger partial charge in [0.05, 0.1) is 25.7 Å². The van der Waals surface area contributed by atoms with Gasteiger partial charge in [-0.3, -0.25) is 29.9 Å². The normalized spacial score (nSPS) is 14.9. The van der Waals surface area contributed by atoms with Crippen molar-refractivity contribution in [3.63, 3.8) is 0 Å². The number of fused-ring (bicyclic) bond motifs is 1. The second kappa shape index (κ2) is 9.85. The molecule has 0 saturated carbocycles. The molecule has 1 fully saturated rings. The van der Waals surface area contributed by atoms with Crippen LogP contribution in [0.1, 0.15) is 16.7 Å². The first-order chi connectivity index (χ1) is 17.7. The van der Waals surface area contributed by atoms with Crippen molar-refractivity contribution in [2.75, 3.05) is 4.90 Å². The molecule has 0 radical (unpaired) electrons. The third-order valence-electron chi connectivity index (χ3n) is 5.66. The van der Waals surface area contributed by atoms with Crippen molar-refractivity contribution in [2.45, 2.75) is 23.1 Å². The lowest BCUT2D eigenvalue weighted by Gasteiger charge is -2.30. The van der Waals surface area contributed by atoms with Gasteiger partial charge in [0.15, 0.2) is 9.45 Å². The van der Waals surface area contributed by atoms with Crippen molar-refractivity contribution in [2.24, 2.45) is 0 Å². The third kappa shape index (κ3) is 4.88. The molecular formula is C26H18N4O4S3. The summed E-state index contributed by atoms with van der Waals surface area (Å²) in [5.41, 5.74) is 3.24. The molecule has 0 bridgehead atoms. The summed E-state index contributed by atoms with van der Waals surface area (Å²) in [6.07, 6.45) is 1.34. The fourth-order valence-corrected chi connectivity index (χ4v) is 6.32. The Morgan fingerprint density at radius 3 is 2.62 bits per heavy atom. The number of nitrogens with one attached hydrogen (secondary N) is 1. The van der Waals surface area contributed by atoms with Gasteiger partial charge in [-0.2, -0.15) is 0 Å². The predicted octanol–water partition coefficient (Wildman–Crippen LogP) is 5.80. The first kappa shape index (κ1) is 24.8. The third-order valence-corrected chi connectivity index (χ3v) is 8.10. The molecule has 2 amide bonds. The zero-order valence-corrected chi connectivity index (χ0v) is 22.0. The van der Waals surface area contributed by atoms with Gasteiger partial charge in [0.1, 0.15) is 5.57 Å². The molecule has 4 aromatic rings. The van der Waals surface area contributed by atoms with Crippen LogP contribution in [0.5, 0.6) is 0 Å². The van der Waals surface area contributed by atoms with Gasteiger partial charge in [-0.25, -0.2) is 4.98 Å². The number of amides is 2. The summed E-state index contributed by atoms with van der Waals surface area (Å²) >= 11 is 7.93. The fourth-order valence-electron chi connectivity index (χ4n) is 3.94. The number of rotatable bonds is 5. The topological polar surface area (TPSA) is 105 Å². The van der Waals surface area contributed by atoms with Crippen molar-refractivity contribution in [1.29, 1.82) is 0 Å². The number of thiocarbonyl (C=S) groups is 1. The van der Waals surface area contributed by atoms with Crippen LogP contribution in [0.4, 0.5) is 11.4 Å². The Labute approximate surface area is 225 Å². The maximum atomic E-state index is 13.4. The highest BCUT2D eigenvalue weighted by atomic mass is 32.2. The molecule has 0 aliphatic carbocycles. The summed E-state index contributed by atoms with van der Waals surface area (Å²) < 4.78 is 1.66. The van der Waals surface area contributed by atoms with E-state index >= 15 is 0 Å². The summed E-state index contributed by atoms with van der Waals surface area (Å²) in [5.74, 6) is -1.26. The lowest BCUT2D eigenvalue weighted by Crippen LogP contribution is -2.54. The van der Waals surface area contributed by atoms with E-state index in [1.54, 1.807) is 18.2 Å². The van der Waals surface area contributed by atoms with Crippen molar-refractivity contribution in [1.82, 2.24) is 10.3 Å². The molecule has 5 rings (SSSR count). The zero-order chi connectivity index (χ0) is 26.3. The van der Waals surface area contributed by atoms with Crippen molar-refractivity contribution < 1.29 is 14.5 Å².